The third-order valence-corrected chi connectivity index (χ3v) is 2.99. The first-order chi connectivity index (χ1) is 7.11. The predicted octanol–water partition coefficient (Wildman–Crippen LogP) is 3.40. The van der Waals surface area contributed by atoms with Gasteiger partial charge >= 0.3 is 5.97 Å². The lowest BCUT2D eigenvalue weighted by Crippen LogP contribution is -2.01. The molecule has 0 aliphatic carbocycles. The number of rotatable bonds is 5. The number of alkyl halides is 1. The second kappa shape index (κ2) is 6.28. The fourth-order valence-corrected chi connectivity index (χ4v) is 2.28. The van der Waals surface area contributed by atoms with Gasteiger partial charge in [0.25, 0.3) is 0 Å². The minimum atomic E-state index is -0.792. The van der Waals surface area contributed by atoms with Gasteiger partial charge in [0.1, 0.15) is 0 Å². The van der Waals surface area contributed by atoms with Gasteiger partial charge in [-0.2, -0.15) is 0 Å². The molecule has 0 fully saturated rings. The molecule has 0 amide bonds. The monoisotopic (exact) mass is 334 g/mol. The lowest BCUT2D eigenvalue weighted by atomic mass is 10.1. The lowest BCUT2D eigenvalue weighted by molar-refractivity contribution is -0.136. The van der Waals surface area contributed by atoms with Crippen molar-refractivity contribution < 1.29 is 9.90 Å². The van der Waals surface area contributed by atoms with Crippen LogP contribution < -0.4 is 0 Å². The number of halogens is 2. The van der Waals surface area contributed by atoms with Gasteiger partial charge in [0, 0.05) is 9.80 Å². The van der Waals surface area contributed by atoms with Gasteiger partial charge in [-0.25, -0.2) is 0 Å². The van der Waals surface area contributed by atoms with Crippen LogP contribution in [0.2, 0.25) is 0 Å². The zero-order valence-electron chi connectivity index (χ0n) is 8.17. The van der Waals surface area contributed by atoms with Crippen molar-refractivity contribution in [2.45, 2.75) is 19.3 Å². The van der Waals surface area contributed by atoms with Crippen LogP contribution in [0, 0.1) is 0 Å². The van der Waals surface area contributed by atoms with Crippen molar-refractivity contribution in [3.05, 3.63) is 33.8 Å². The summed E-state index contributed by atoms with van der Waals surface area (Å²) in [5.74, 6) is -0.792. The molecule has 0 saturated heterocycles. The maximum atomic E-state index is 10.6. The largest absolute Gasteiger partial charge is 0.481 e. The third kappa shape index (κ3) is 4.80. The van der Waals surface area contributed by atoms with E-state index in [0.29, 0.717) is 0 Å². The first kappa shape index (κ1) is 12.7. The second-order valence-corrected chi connectivity index (χ2v) is 5.04. The van der Waals surface area contributed by atoms with Crippen molar-refractivity contribution in [2.24, 2.45) is 0 Å². The fraction of sp³-hybridized carbons (Fsp3) is 0.364. The van der Waals surface area contributed by atoms with E-state index < -0.39 is 5.97 Å². The van der Waals surface area contributed by atoms with E-state index in [1.165, 1.54) is 5.56 Å². The Hall–Kier alpha value is -0.350. The van der Waals surface area contributed by atoms with E-state index in [4.69, 9.17) is 5.11 Å². The molecule has 1 aromatic rings. The molecule has 0 bridgehead atoms. The van der Waals surface area contributed by atoms with Crippen LogP contribution >= 0.6 is 31.9 Å². The Kier molecular flexibility index (Phi) is 5.32. The van der Waals surface area contributed by atoms with Gasteiger partial charge < -0.3 is 5.11 Å². The highest BCUT2D eigenvalue weighted by atomic mass is 79.9. The summed E-state index contributed by atoms with van der Waals surface area (Å²) in [6.45, 7) is 0. The average Bonchev–Trinajstić information content (AvgIpc) is 2.12. The van der Waals surface area contributed by atoms with Crippen LogP contribution in [0.25, 0.3) is 0 Å². The molecule has 15 heavy (non-hydrogen) atoms. The van der Waals surface area contributed by atoms with Gasteiger partial charge in [-0.05, 0) is 36.1 Å². The molecule has 4 heteroatoms. The van der Waals surface area contributed by atoms with E-state index in [1.807, 2.05) is 18.2 Å². The molecule has 0 atom stereocenters. The smallest absolute Gasteiger partial charge is 0.307 e. The summed E-state index contributed by atoms with van der Waals surface area (Å²) in [6, 6.07) is 5.85. The van der Waals surface area contributed by atoms with Crippen molar-refractivity contribution in [1.82, 2.24) is 0 Å². The number of benzene rings is 1. The van der Waals surface area contributed by atoms with E-state index in [9.17, 15) is 4.79 Å². The molecule has 1 aromatic carbocycles. The van der Waals surface area contributed by atoms with Crippen LogP contribution in [0.4, 0.5) is 0 Å². The predicted molar refractivity (Wildman–Crippen MR) is 67.6 cm³/mol. The van der Waals surface area contributed by atoms with Crippen molar-refractivity contribution in [2.75, 3.05) is 5.33 Å². The van der Waals surface area contributed by atoms with E-state index in [-0.39, 0.29) is 6.42 Å². The van der Waals surface area contributed by atoms with Gasteiger partial charge in [-0.3, -0.25) is 4.79 Å². The Morgan fingerprint density at radius 2 is 1.93 bits per heavy atom. The number of carboxylic acids is 1. The maximum Gasteiger partial charge on any atom is 0.307 e. The summed E-state index contributed by atoms with van der Waals surface area (Å²) in [7, 11) is 0. The van der Waals surface area contributed by atoms with Crippen LogP contribution in [-0.4, -0.2) is 16.4 Å². The molecule has 0 radical (unpaired) electrons. The molecule has 2 nitrogen and oxygen atoms in total. The number of aryl methyl sites for hydroxylation is 1. The van der Waals surface area contributed by atoms with Crippen molar-refractivity contribution in [3.63, 3.8) is 0 Å². The minimum Gasteiger partial charge on any atom is -0.481 e. The van der Waals surface area contributed by atoms with E-state index >= 15 is 0 Å². The molecule has 0 unspecified atom stereocenters. The number of aliphatic carboxylic acids is 1. The van der Waals surface area contributed by atoms with Gasteiger partial charge in [0.15, 0.2) is 0 Å². The summed E-state index contributed by atoms with van der Waals surface area (Å²) >= 11 is 6.77. The molecule has 0 aliphatic rings. The fourth-order valence-electron chi connectivity index (χ4n) is 1.41. The summed E-state index contributed by atoms with van der Waals surface area (Å²) in [6.07, 6.45) is 2.11. The summed E-state index contributed by atoms with van der Waals surface area (Å²) in [5.41, 5.74) is 2.03. The Balaban J connectivity index is 2.79. The van der Waals surface area contributed by atoms with E-state index in [0.717, 1.165) is 28.2 Å². The Morgan fingerprint density at radius 3 is 2.53 bits per heavy atom. The van der Waals surface area contributed by atoms with Crippen LogP contribution in [0.5, 0.6) is 0 Å². The number of hydrogen-bond donors (Lipinski definition) is 1. The van der Waals surface area contributed by atoms with Gasteiger partial charge in [-0.15, -0.1) is 0 Å². The van der Waals surface area contributed by atoms with Crippen molar-refractivity contribution in [3.8, 4) is 0 Å². The quantitative estimate of drug-likeness (QED) is 0.837. The standard InChI is InChI=1S/C11H12Br2O2/c12-3-1-2-8-4-9(7-11(14)15)6-10(13)5-8/h4-6H,1-3,7H2,(H,14,15). The second-order valence-electron chi connectivity index (χ2n) is 3.33. The summed E-state index contributed by atoms with van der Waals surface area (Å²) in [4.78, 5) is 10.6. The van der Waals surface area contributed by atoms with Crippen LogP contribution in [0.15, 0.2) is 22.7 Å². The van der Waals surface area contributed by atoms with E-state index in [1.54, 1.807) is 0 Å². The lowest BCUT2D eigenvalue weighted by Gasteiger charge is -2.04. The van der Waals surface area contributed by atoms with E-state index in [2.05, 4.69) is 31.9 Å². The molecule has 0 heterocycles. The maximum absolute atomic E-state index is 10.6. The molecule has 82 valence electrons. The molecule has 0 spiro atoms. The summed E-state index contributed by atoms with van der Waals surface area (Å²) < 4.78 is 0.950. The molecular formula is C11H12Br2O2. The molecule has 0 saturated carbocycles. The van der Waals surface area contributed by atoms with Gasteiger partial charge in [0.2, 0.25) is 0 Å². The highest BCUT2D eigenvalue weighted by Gasteiger charge is 2.03. The van der Waals surface area contributed by atoms with Crippen LogP contribution in [0.3, 0.4) is 0 Å². The summed E-state index contributed by atoms with van der Waals surface area (Å²) in [5, 5.41) is 9.67. The Morgan fingerprint density at radius 1 is 1.27 bits per heavy atom. The van der Waals surface area contributed by atoms with Crippen LogP contribution in [0.1, 0.15) is 17.5 Å². The normalized spacial score (nSPS) is 10.3. The third-order valence-electron chi connectivity index (χ3n) is 1.97. The molecule has 0 aliphatic heterocycles. The van der Waals surface area contributed by atoms with Gasteiger partial charge in [-0.1, -0.05) is 37.9 Å². The zero-order valence-corrected chi connectivity index (χ0v) is 11.3. The number of carboxylic acid groups (broad SMARTS) is 1. The minimum absolute atomic E-state index is 0.0841. The molecule has 1 rings (SSSR count). The van der Waals surface area contributed by atoms with Crippen molar-refractivity contribution >= 4 is 37.8 Å². The number of hydrogen-bond acceptors (Lipinski definition) is 1. The average molecular weight is 336 g/mol. The zero-order chi connectivity index (χ0) is 11.3. The highest BCUT2D eigenvalue weighted by Crippen LogP contribution is 2.18. The molecule has 1 N–H and O–H groups in total. The van der Waals surface area contributed by atoms with Crippen LogP contribution in [-0.2, 0) is 17.6 Å². The first-order valence-electron chi connectivity index (χ1n) is 4.68. The molecular weight excluding hydrogens is 324 g/mol. The van der Waals surface area contributed by atoms with Gasteiger partial charge in [0.05, 0.1) is 6.42 Å². The Labute approximate surface area is 106 Å². The topological polar surface area (TPSA) is 37.3 Å². The van der Waals surface area contributed by atoms with Crippen molar-refractivity contribution in [1.29, 1.82) is 0 Å². The first-order valence-corrected chi connectivity index (χ1v) is 6.59. The Bertz CT molecular complexity index is 350. The number of carbonyl (C=O) groups is 1. The molecule has 0 aromatic heterocycles. The highest BCUT2D eigenvalue weighted by molar-refractivity contribution is 9.10. The SMILES string of the molecule is O=C(O)Cc1cc(Br)cc(CCCBr)c1.